The maximum Gasteiger partial charge on any atom is 0.316 e. The van der Waals surface area contributed by atoms with Crippen LogP contribution in [-0.4, -0.2) is 48.4 Å². The van der Waals surface area contributed by atoms with Crippen molar-refractivity contribution in [3.05, 3.63) is 12.7 Å². The number of esters is 2. The molecule has 0 aromatic carbocycles. The van der Waals surface area contributed by atoms with E-state index in [-0.39, 0.29) is 48.1 Å². The number of carbonyl (C=O) groups excluding carboxylic acids is 4. The predicted molar refractivity (Wildman–Crippen MR) is 136 cm³/mol. The van der Waals surface area contributed by atoms with E-state index in [1.807, 2.05) is 20.8 Å². The Morgan fingerprint density at radius 2 is 1.76 bits per heavy atom. The fourth-order valence-electron chi connectivity index (χ4n) is 4.71. The van der Waals surface area contributed by atoms with Gasteiger partial charge < -0.3 is 14.2 Å². The molecular formula is C25H41IO7. The SMILES string of the molecule is C=CC.CCC1OC(=O)[C@H](C)C(=O)[C@H](C)C[C@H](OC)CCC(=O)[C@H](C)C2CC(=O)O[C@]12C.I. The first-order valence-electron chi connectivity index (χ1n) is 11.5. The van der Waals surface area contributed by atoms with Crippen molar-refractivity contribution in [3.8, 4) is 0 Å². The van der Waals surface area contributed by atoms with Gasteiger partial charge in [0.1, 0.15) is 29.2 Å². The summed E-state index contributed by atoms with van der Waals surface area (Å²) in [4.78, 5) is 50.5. The molecule has 2 aliphatic heterocycles. The Morgan fingerprint density at radius 1 is 1.18 bits per heavy atom. The van der Waals surface area contributed by atoms with Crippen LogP contribution in [0.2, 0.25) is 0 Å². The van der Waals surface area contributed by atoms with Crippen molar-refractivity contribution in [2.75, 3.05) is 7.11 Å². The number of fused-ring (bicyclic) bond motifs is 1. The van der Waals surface area contributed by atoms with Crippen molar-refractivity contribution in [2.45, 2.75) is 91.5 Å². The molecule has 2 saturated heterocycles. The second kappa shape index (κ2) is 14.2. The number of ketones is 2. The van der Waals surface area contributed by atoms with Crippen molar-refractivity contribution >= 4 is 47.5 Å². The summed E-state index contributed by atoms with van der Waals surface area (Å²) in [6, 6.07) is 0. The van der Waals surface area contributed by atoms with E-state index in [0.29, 0.717) is 25.7 Å². The maximum absolute atomic E-state index is 12.9. The molecule has 2 fully saturated rings. The van der Waals surface area contributed by atoms with Crippen molar-refractivity contribution < 1.29 is 33.4 Å². The highest BCUT2D eigenvalue weighted by molar-refractivity contribution is 14.0. The topological polar surface area (TPSA) is 96.0 Å². The van der Waals surface area contributed by atoms with Crippen LogP contribution < -0.4 is 0 Å². The number of carbonyl (C=O) groups is 4. The van der Waals surface area contributed by atoms with Crippen molar-refractivity contribution in [2.24, 2.45) is 23.7 Å². The normalized spacial score (nSPS) is 35.6. The molecule has 2 rings (SSSR count). The minimum atomic E-state index is -1.10. The molecule has 0 saturated carbocycles. The number of hydrogen-bond acceptors (Lipinski definition) is 7. The van der Waals surface area contributed by atoms with E-state index in [1.165, 1.54) is 0 Å². The third kappa shape index (κ3) is 7.87. The zero-order valence-electron chi connectivity index (χ0n) is 21.1. The van der Waals surface area contributed by atoms with Gasteiger partial charge in [-0.25, -0.2) is 0 Å². The molecule has 190 valence electrons. The summed E-state index contributed by atoms with van der Waals surface area (Å²) in [6.45, 7) is 13.9. The van der Waals surface area contributed by atoms with Gasteiger partial charge in [0.25, 0.3) is 0 Å². The molecule has 0 radical (unpaired) electrons. The summed E-state index contributed by atoms with van der Waals surface area (Å²) in [5, 5.41) is 0. The van der Waals surface area contributed by atoms with E-state index in [9.17, 15) is 19.2 Å². The molecule has 0 aromatic rings. The second-order valence-corrected chi connectivity index (χ2v) is 9.12. The van der Waals surface area contributed by atoms with Gasteiger partial charge in [-0.15, -0.1) is 30.6 Å². The van der Waals surface area contributed by atoms with Crippen LogP contribution in [0.1, 0.15) is 73.6 Å². The van der Waals surface area contributed by atoms with Crippen LogP contribution in [0.25, 0.3) is 0 Å². The third-order valence-corrected chi connectivity index (χ3v) is 6.77. The molecule has 7 nitrogen and oxygen atoms in total. The Kier molecular flexibility index (Phi) is 13.6. The molecule has 0 amide bonds. The molecule has 0 aromatic heterocycles. The van der Waals surface area contributed by atoms with Gasteiger partial charge in [0.05, 0.1) is 12.5 Å². The molecule has 2 unspecified atom stereocenters. The number of halogens is 1. The molecular weight excluding hydrogens is 539 g/mol. The fourth-order valence-corrected chi connectivity index (χ4v) is 4.71. The molecule has 0 spiro atoms. The summed E-state index contributed by atoms with van der Waals surface area (Å²) in [5.41, 5.74) is -1.10. The highest BCUT2D eigenvalue weighted by atomic mass is 127. The molecule has 0 aliphatic carbocycles. The Bertz CT molecular complexity index is 707. The number of methoxy groups -OCH3 is 1. The second-order valence-electron chi connectivity index (χ2n) is 9.12. The van der Waals surface area contributed by atoms with Crippen LogP contribution in [0.15, 0.2) is 12.7 Å². The predicted octanol–water partition coefficient (Wildman–Crippen LogP) is 4.69. The lowest BCUT2D eigenvalue weighted by Crippen LogP contribution is -2.50. The minimum Gasteiger partial charge on any atom is -0.458 e. The Morgan fingerprint density at radius 3 is 2.27 bits per heavy atom. The molecule has 8 heteroatoms. The highest BCUT2D eigenvalue weighted by Gasteiger charge is 2.55. The van der Waals surface area contributed by atoms with E-state index in [1.54, 1.807) is 34.0 Å². The van der Waals surface area contributed by atoms with Gasteiger partial charge in [-0.3, -0.25) is 19.2 Å². The van der Waals surface area contributed by atoms with Crippen LogP contribution in [-0.2, 0) is 33.4 Å². The van der Waals surface area contributed by atoms with Gasteiger partial charge in [-0.2, -0.15) is 0 Å². The first-order valence-corrected chi connectivity index (χ1v) is 11.5. The lowest BCUT2D eigenvalue weighted by Gasteiger charge is -2.39. The largest absolute Gasteiger partial charge is 0.458 e. The maximum atomic E-state index is 12.9. The Hall–Kier alpha value is -1.29. The number of cyclic esters (lactones) is 1. The van der Waals surface area contributed by atoms with E-state index in [2.05, 4.69) is 6.58 Å². The smallest absolute Gasteiger partial charge is 0.316 e. The van der Waals surface area contributed by atoms with Gasteiger partial charge >= 0.3 is 11.9 Å². The van der Waals surface area contributed by atoms with Crippen LogP contribution >= 0.6 is 24.0 Å². The number of rotatable bonds is 2. The highest BCUT2D eigenvalue weighted by Crippen LogP contribution is 2.43. The molecule has 0 bridgehead atoms. The fraction of sp³-hybridized carbons (Fsp3) is 0.760. The van der Waals surface area contributed by atoms with E-state index in [4.69, 9.17) is 14.2 Å². The van der Waals surface area contributed by atoms with E-state index < -0.39 is 47.3 Å². The Labute approximate surface area is 215 Å². The zero-order valence-corrected chi connectivity index (χ0v) is 23.4. The summed E-state index contributed by atoms with van der Waals surface area (Å²) < 4.78 is 16.8. The number of ether oxygens (including phenoxy) is 3. The van der Waals surface area contributed by atoms with Crippen LogP contribution in [0.4, 0.5) is 0 Å². The van der Waals surface area contributed by atoms with E-state index in [0.717, 1.165) is 0 Å². The van der Waals surface area contributed by atoms with Crippen LogP contribution in [0.3, 0.4) is 0 Å². The quantitative estimate of drug-likeness (QED) is 0.203. The first kappa shape index (κ1) is 31.7. The lowest BCUT2D eigenvalue weighted by atomic mass is 9.73. The van der Waals surface area contributed by atoms with Gasteiger partial charge in [-0.05, 0) is 40.0 Å². The lowest BCUT2D eigenvalue weighted by molar-refractivity contribution is -0.183. The van der Waals surface area contributed by atoms with Gasteiger partial charge in [0.15, 0.2) is 0 Å². The number of Topliss-reactive ketones (excluding diaryl/α,β-unsaturated/α-hetero) is 2. The average molecular weight is 581 g/mol. The average Bonchev–Trinajstić information content (AvgIpc) is 3.07. The molecule has 0 N–H and O–H groups in total. The Balaban J connectivity index is 0.00000242. The van der Waals surface area contributed by atoms with Crippen molar-refractivity contribution in [3.63, 3.8) is 0 Å². The summed E-state index contributed by atoms with van der Waals surface area (Å²) in [6.07, 6.45) is 2.52. The van der Waals surface area contributed by atoms with Gasteiger partial charge in [0, 0.05) is 31.3 Å². The zero-order chi connectivity index (χ0) is 24.6. The molecule has 33 heavy (non-hydrogen) atoms. The third-order valence-electron chi connectivity index (χ3n) is 6.77. The molecule has 2 aliphatic rings. The molecule has 2 heterocycles. The molecule has 7 atom stereocenters. The van der Waals surface area contributed by atoms with Crippen molar-refractivity contribution in [1.82, 2.24) is 0 Å². The summed E-state index contributed by atoms with van der Waals surface area (Å²) in [7, 11) is 1.56. The summed E-state index contributed by atoms with van der Waals surface area (Å²) >= 11 is 0. The summed E-state index contributed by atoms with van der Waals surface area (Å²) in [5.74, 6) is -3.35. The van der Waals surface area contributed by atoms with Gasteiger partial charge in [0.2, 0.25) is 0 Å². The van der Waals surface area contributed by atoms with Gasteiger partial charge in [-0.1, -0.05) is 26.8 Å². The number of hydrogen-bond donors (Lipinski definition) is 0. The number of allylic oxidation sites excluding steroid dienone is 1. The van der Waals surface area contributed by atoms with Crippen LogP contribution in [0.5, 0.6) is 0 Å². The van der Waals surface area contributed by atoms with Crippen molar-refractivity contribution in [1.29, 1.82) is 0 Å². The monoisotopic (exact) mass is 580 g/mol. The van der Waals surface area contributed by atoms with E-state index >= 15 is 0 Å². The van der Waals surface area contributed by atoms with Crippen LogP contribution in [0, 0.1) is 23.7 Å². The first-order chi connectivity index (χ1) is 15.0. The standard InChI is InChI=1S/C22H34O7.C3H6.HI/c1-7-18-22(5)16(11-19(24)29-22)13(3)17(23)9-8-15(27-6)10-12(2)20(25)14(4)21(26)28-18;1-3-2;/h12-16,18H,7-11H2,1-6H3;3H,1H2,2H3;1H/t12-,13-,14-,15-,16?,18?,22+;;/m1../s1. The minimum absolute atomic E-state index is 0.